The number of rotatable bonds is 11. The molecule has 0 aromatic heterocycles. The Morgan fingerprint density at radius 2 is 1.70 bits per heavy atom. The number of hydrogen-bond acceptors (Lipinski definition) is 5. The Bertz CT molecular complexity index is 1410. The largest absolute Gasteiger partial charge is 0.444 e. The summed E-state index contributed by atoms with van der Waals surface area (Å²) in [5.41, 5.74) is 4.35. The summed E-state index contributed by atoms with van der Waals surface area (Å²) < 4.78 is 33.2. The molecule has 9 heteroatoms. The van der Waals surface area contributed by atoms with E-state index in [0.717, 1.165) is 29.3 Å². The van der Waals surface area contributed by atoms with Crippen molar-refractivity contribution in [3.8, 4) is 0 Å². The first-order chi connectivity index (χ1) is 20.9. The SMILES string of the molecule is CC(=O)N[C@@H](Cc1cc(F)cc(F)c1)[C@H](O)CNCC1CCN(C(=O)OCc2ccccc2)c2ccc(CC(C)(C)C)cc21. The Morgan fingerprint density at radius 3 is 2.36 bits per heavy atom. The van der Waals surface area contributed by atoms with Crippen molar-refractivity contribution in [2.24, 2.45) is 5.41 Å². The molecule has 7 nitrogen and oxygen atoms in total. The molecule has 0 bridgehead atoms. The van der Waals surface area contributed by atoms with Gasteiger partial charge in [0.1, 0.15) is 18.2 Å². The summed E-state index contributed by atoms with van der Waals surface area (Å²) in [6, 6.07) is 18.2. The van der Waals surface area contributed by atoms with Gasteiger partial charge in [0.25, 0.3) is 0 Å². The first kappa shape index (κ1) is 33.1. The van der Waals surface area contributed by atoms with Crippen molar-refractivity contribution in [2.45, 2.75) is 71.6 Å². The summed E-state index contributed by atoms with van der Waals surface area (Å²) in [6.07, 6.45) is 0.223. The first-order valence-corrected chi connectivity index (χ1v) is 15.1. The summed E-state index contributed by atoms with van der Waals surface area (Å²) in [4.78, 5) is 26.7. The summed E-state index contributed by atoms with van der Waals surface area (Å²) >= 11 is 0. The topological polar surface area (TPSA) is 90.9 Å². The van der Waals surface area contributed by atoms with E-state index in [0.29, 0.717) is 25.1 Å². The van der Waals surface area contributed by atoms with Gasteiger partial charge in [0.15, 0.2) is 0 Å². The van der Waals surface area contributed by atoms with Gasteiger partial charge < -0.3 is 20.5 Å². The maximum Gasteiger partial charge on any atom is 0.414 e. The van der Waals surface area contributed by atoms with Gasteiger partial charge in [0, 0.05) is 38.5 Å². The Kier molecular flexibility index (Phi) is 11.1. The summed E-state index contributed by atoms with van der Waals surface area (Å²) in [7, 11) is 0. The fourth-order valence-corrected chi connectivity index (χ4v) is 5.73. The van der Waals surface area contributed by atoms with Crippen molar-refractivity contribution >= 4 is 17.7 Å². The number of carbonyl (C=O) groups excluding carboxylic acids is 2. The van der Waals surface area contributed by atoms with Gasteiger partial charge in [-0.25, -0.2) is 13.6 Å². The lowest BCUT2D eigenvalue weighted by Crippen LogP contribution is -2.48. The number of hydrogen-bond donors (Lipinski definition) is 3. The molecule has 0 saturated carbocycles. The molecular formula is C35H43F2N3O4. The van der Waals surface area contributed by atoms with Gasteiger partial charge >= 0.3 is 6.09 Å². The third-order valence-corrected chi connectivity index (χ3v) is 7.66. The summed E-state index contributed by atoms with van der Waals surface area (Å²) in [5.74, 6) is -1.72. The maximum atomic E-state index is 13.8. The molecule has 4 rings (SSSR count). The van der Waals surface area contributed by atoms with E-state index in [1.807, 2.05) is 36.4 Å². The average Bonchev–Trinajstić information content (AvgIpc) is 2.94. The number of aliphatic hydroxyl groups is 1. The van der Waals surface area contributed by atoms with Crippen LogP contribution < -0.4 is 15.5 Å². The normalized spacial score (nSPS) is 16.2. The van der Waals surface area contributed by atoms with Crippen molar-refractivity contribution in [2.75, 3.05) is 24.5 Å². The van der Waals surface area contributed by atoms with Gasteiger partial charge in [0.05, 0.1) is 17.8 Å². The van der Waals surface area contributed by atoms with Crippen LogP contribution in [0.1, 0.15) is 62.3 Å². The van der Waals surface area contributed by atoms with E-state index < -0.39 is 29.9 Å². The first-order valence-electron chi connectivity index (χ1n) is 15.1. The third-order valence-electron chi connectivity index (χ3n) is 7.66. The van der Waals surface area contributed by atoms with Crippen LogP contribution in [0.15, 0.2) is 66.7 Å². The number of halogens is 2. The minimum atomic E-state index is -1.01. The molecule has 0 spiro atoms. The molecule has 0 radical (unpaired) electrons. The van der Waals surface area contributed by atoms with E-state index in [-0.39, 0.29) is 36.8 Å². The molecule has 1 unspecified atom stereocenters. The van der Waals surface area contributed by atoms with E-state index in [4.69, 9.17) is 4.74 Å². The monoisotopic (exact) mass is 607 g/mol. The molecule has 44 heavy (non-hydrogen) atoms. The number of anilines is 1. The summed E-state index contributed by atoms with van der Waals surface area (Å²) in [5, 5.41) is 17.0. The predicted molar refractivity (Wildman–Crippen MR) is 167 cm³/mol. The second-order valence-corrected chi connectivity index (χ2v) is 12.8. The number of nitrogens with one attached hydrogen (secondary N) is 2. The molecule has 1 aliphatic rings. The van der Waals surface area contributed by atoms with Crippen LogP contribution in [-0.2, 0) is 29.0 Å². The minimum absolute atomic E-state index is 0.0619. The Balaban J connectivity index is 1.46. The Labute approximate surface area is 258 Å². The van der Waals surface area contributed by atoms with E-state index in [2.05, 4.69) is 43.5 Å². The Morgan fingerprint density at radius 1 is 1.00 bits per heavy atom. The van der Waals surface area contributed by atoms with E-state index in [1.54, 1.807) is 4.90 Å². The van der Waals surface area contributed by atoms with E-state index >= 15 is 0 Å². The van der Waals surface area contributed by atoms with Gasteiger partial charge in [-0.3, -0.25) is 9.69 Å². The standard InChI is InChI=1S/C35H43F2N3O4/c1-23(41)39-31(17-26-14-28(36)18-29(37)15-26)33(42)21-38-20-27-12-13-40(34(43)44-22-24-8-6-5-7-9-24)32-11-10-25(16-30(27)32)19-35(2,3)4/h5-11,14-16,18,27,31,33,38,42H,12-13,17,19-22H2,1-4H3,(H,39,41)/t27?,31-,33+/m0/s1. The van der Waals surface area contributed by atoms with Crippen molar-refractivity contribution in [3.05, 3.63) is 101 Å². The van der Waals surface area contributed by atoms with Crippen LogP contribution in [-0.4, -0.2) is 48.9 Å². The predicted octanol–water partition coefficient (Wildman–Crippen LogP) is 5.88. The van der Waals surface area contributed by atoms with Crippen LogP contribution in [0.25, 0.3) is 0 Å². The fourth-order valence-electron chi connectivity index (χ4n) is 5.73. The molecule has 3 N–H and O–H groups in total. The van der Waals surface area contributed by atoms with Gasteiger partial charge in [-0.05, 0) is 65.1 Å². The van der Waals surface area contributed by atoms with Crippen LogP contribution >= 0.6 is 0 Å². The number of fused-ring (bicyclic) bond motifs is 1. The van der Waals surface area contributed by atoms with Gasteiger partial charge in [-0.1, -0.05) is 63.2 Å². The van der Waals surface area contributed by atoms with Crippen LogP contribution in [0.5, 0.6) is 0 Å². The van der Waals surface area contributed by atoms with Crippen LogP contribution in [0.3, 0.4) is 0 Å². The van der Waals surface area contributed by atoms with Crippen LogP contribution in [0.2, 0.25) is 0 Å². The Hall–Kier alpha value is -3.82. The smallest absolute Gasteiger partial charge is 0.414 e. The van der Waals surface area contributed by atoms with Crippen molar-refractivity contribution in [1.82, 2.24) is 10.6 Å². The minimum Gasteiger partial charge on any atom is -0.444 e. The second-order valence-electron chi connectivity index (χ2n) is 12.8. The maximum absolute atomic E-state index is 13.8. The van der Waals surface area contributed by atoms with Gasteiger partial charge in [-0.2, -0.15) is 0 Å². The quantitative estimate of drug-likeness (QED) is 0.253. The molecule has 236 valence electrons. The van der Waals surface area contributed by atoms with E-state index in [1.165, 1.54) is 24.6 Å². The second kappa shape index (κ2) is 14.8. The molecule has 1 heterocycles. The van der Waals surface area contributed by atoms with Gasteiger partial charge in [0.2, 0.25) is 5.91 Å². The van der Waals surface area contributed by atoms with Crippen LogP contribution in [0, 0.1) is 17.0 Å². The third kappa shape index (κ3) is 9.59. The number of ether oxygens (including phenoxy) is 1. The fraction of sp³-hybridized carbons (Fsp3) is 0.429. The highest BCUT2D eigenvalue weighted by Crippen LogP contribution is 2.37. The average molecular weight is 608 g/mol. The molecule has 3 aromatic rings. The lowest BCUT2D eigenvalue weighted by atomic mass is 9.84. The molecule has 0 fully saturated rings. The zero-order valence-electron chi connectivity index (χ0n) is 25.9. The molecular weight excluding hydrogens is 564 g/mol. The highest BCUT2D eigenvalue weighted by Gasteiger charge is 2.31. The van der Waals surface area contributed by atoms with Crippen LogP contribution in [0.4, 0.5) is 19.3 Å². The van der Waals surface area contributed by atoms with Crippen molar-refractivity contribution in [1.29, 1.82) is 0 Å². The molecule has 3 aromatic carbocycles. The van der Waals surface area contributed by atoms with Crippen molar-refractivity contribution in [3.63, 3.8) is 0 Å². The zero-order valence-corrected chi connectivity index (χ0v) is 25.9. The summed E-state index contributed by atoms with van der Waals surface area (Å²) in [6.45, 7) is 9.24. The zero-order chi connectivity index (χ0) is 31.9. The van der Waals surface area contributed by atoms with E-state index in [9.17, 15) is 23.5 Å². The number of amides is 2. The lowest BCUT2D eigenvalue weighted by Gasteiger charge is -2.35. The number of benzene rings is 3. The highest BCUT2D eigenvalue weighted by atomic mass is 19.1. The molecule has 0 aliphatic carbocycles. The lowest BCUT2D eigenvalue weighted by molar-refractivity contribution is -0.120. The van der Waals surface area contributed by atoms with Crippen molar-refractivity contribution < 1.29 is 28.2 Å². The molecule has 3 atom stereocenters. The molecule has 0 saturated heterocycles. The molecule has 2 amide bonds. The molecule has 1 aliphatic heterocycles. The number of aliphatic hydroxyl groups excluding tert-OH is 1. The number of nitrogens with zero attached hydrogens (tertiary/aromatic N) is 1. The van der Waals surface area contributed by atoms with Gasteiger partial charge in [-0.15, -0.1) is 0 Å². The highest BCUT2D eigenvalue weighted by molar-refractivity contribution is 5.89. The number of carbonyl (C=O) groups is 2.